The topological polar surface area (TPSA) is 118 Å². The van der Waals surface area contributed by atoms with Gasteiger partial charge >= 0.3 is 11.7 Å². The van der Waals surface area contributed by atoms with Crippen LogP contribution in [0.3, 0.4) is 0 Å². The second kappa shape index (κ2) is 12.3. The van der Waals surface area contributed by atoms with Gasteiger partial charge in [0.2, 0.25) is 0 Å². The minimum Gasteiger partial charge on any atom is -0.496 e. The highest BCUT2D eigenvalue weighted by molar-refractivity contribution is 9.11. The molecular weight excluding hydrogens is 712 g/mol. The number of aromatic nitrogens is 2. The zero-order chi connectivity index (χ0) is 35.9. The number of fused-ring (bicyclic) bond motifs is 2. The van der Waals surface area contributed by atoms with Gasteiger partial charge in [-0.3, -0.25) is 9.36 Å². The van der Waals surface area contributed by atoms with Crippen LogP contribution < -0.4 is 16.0 Å². The molecule has 2 unspecified atom stereocenters. The van der Waals surface area contributed by atoms with Crippen LogP contribution in [0, 0.1) is 30.1 Å². The SMILES string of the molecule is COc1ccccc1C(O)(Cn1c(=O)n(C(C)(C)C(=O)OC(C)(C)C)c(=O)c2c(C)c(Br)sc21)C1C[C@@H]2CC3(C[C@@H]2C1)OCC(C)(C)CO3. The molecule has 2 saturated carbocycles. The lowest BCUT2D eigenvalue weighted by atomic mass is 9.78. The highest BCUT2D eigenvalue weighted by atomic mass is 79.9. The summed E-state index contributed by atoms with van der Waals surface area (Å²) in [6, 6.07) is 7.37. The first-order valence-corrected chi connectivity index (χ1v) is 18.6. The number of benzene rings is 1. The number of halogens is 1. The number of carbonyl (C=O) groups excluding carboxylic acids is 1. The lowest BCUT2D eigenvalue weighted by Gasteiger charge is -2.42. The lowest BCUT2D eigenvalue weighted by molar-refractivity contribution is -0.298. The number of para-hydroxylation sites is 1. The van der Waals surface area contributed by atoms with Gasteiger partial charge in [0.15, 0.2) is 5.79 Å². The minimum absolute atomic E-state index is 0.0299. The largest absolute Gasteiger partial charge is 0.496 e. The molecule has 1 aliphatic heterocycles. The van der Waals surface area contributed by atoms with Crippen LogP contribution in [-0.4, -0.2) is 51.9 Å². The summed E-state index contributed by atoms with van der Waals surface area (Å²) in [5.41, 5.74) is -4.13. The van der Waals surface area contributed by atoms with Crippen molar-refractivity contribution in [3.05, 3.63) is 60.0 Å². The van der Waals surface area contributed by atoms with Crippen LogP contribution in [0.2, 0.25) is 0 Å². The number of nitrogens with zero attached hydrogens (tertiary/aromatic N) is 2. The van der Waals surface area contributed by atoms with E-state index >= 15 is 0 Å². The van der Waals surface area contributed by atoms with Crippen molar-refractivity contribution in [1.82, 2.24) is 9.13 Å². The molecule has 1 saturated heterocycles. The molecule has 49 heavy (non-hydrogen) atoms. The van der Waals surface area contributed by atoms with Crippen molar-refractivity contribution < 1.29 is 28.8 Å². The first-order chi connectivity index (χ1) is 22.7. The van der Waals surface area contributed by atoms with E-state index in [1.54, 1.807) is 34.8 Å². The highest BCUT2D eigenvalue weighted by Crippen LogP contribution is 2.58. The van der Waals surface area contributed by atoms with Crippen molar-refractivity contribution in [3.8, 4) is 5.75 Å². The zero-order valence-electron chi connectivity index (χ0n) is 30.0. The van der Waals surface area contributed by atoms with Gasteiger partial charge in [-0.15, -0.1) is 11.3 Å². The van der Waals surface area contributed by atoms with E-state index < -0.39 is 39.7 Å². The maximum Gasteiger partial charge on any atom is 0.333 e. The van der Waals surface area contributed by atoms with E-state index in [2.05, 4.69) is 29.8 Å². The van der Waals surface area contributed by atoms with Crippen molar-refractivity contribution >= 4 is 43.5 Å². The van der Waals surface area contributed by atoms with Crippen molar-refractivity contribution in [2.45, 2.75) is 110 Å². The number of hydrogen-bond acceptors (Lipinski definition) is 9. The third-order valence-corrected chi connectivity index (χ3v) is 12.9. The molecule has 2 aliphatic carbocycles. The van der Waals surface area contributed by atoms with Crippen LogP contribution in [0.1, 0.15) is 85.3 Å². The van der Waals surface area contributed by atoms with Crippen molar-refractivity contribution in [3.63, 3.8) is 0 Å². The minimum atomic E-state index is -1.64. The Balaban J connectivity index is 1.47. The molecule has 1 aromatic carbocycles. The highest BCUT2D eigenvalue weighted by Gasteiger charge is 2.57. The summed E-state index contributed by atoms with van der Waals surface area (Å²) in [4.78, 5) is 42.9. The van der Waals surface area contributed by atoms with E-state index in [0.29, 0.717) is 56.9 Å². The Morgan fingerprint density at radius 1 is 1.06 bits per heavy atom. The van der Waals surface area contributed by atoms with Crippen LogP contribution in [0.4, 0.5) is 0 Å². The number of carbonyl (C=O) groups is 1. The Hall–Kier alpha value is -2.51. The molecule has 10 nitrogen and oxygen atoms in total. The zero-order valence-corrected chi connectivity index (χ0v) is 32.4. The number of ether oxygens (including phenoxy) is 4. The van der Waals surface area contributed by atoms with Crippen LogP contribution in [0.25, 0.3) is 10.2 Å². The maximum atomic E-state index is 14.7. The fraction of sp³-hybridized carbons (Fsp3) is 0.649. The predicted molar refractivity (Wildman–Crippen MR) is 192 cm³/mol. The number of methoxy groups -OCH3 is 1. The third kappa shape index (κ3) is 6.34. The number of thiophene rings is 1. The number of hydrogen-bond donors (Lipinski definition) is 1. The van der Waals surface area contributed by atoms with Gasteiger partial charge in [-0.25, -0.2) is 14.2 Å². The third-order valence-electron chi connectivity index (χ3n) is 10.7. The number of aryl methyl sites for hydroxylation is 1. The first-order valence-electron chi connectivity index (χ1n) is 17.0. The predicted octanol–water partition coefficient (Wildman–Crippen LogP) is 6.47. The second-order valence-electron chi connectivity index (χ2n) is 16.6. The average molecular weight is 762 g/mol. The van der Waals surface area contributed by atoms with Crippen molar-refractivity contribution in [2.75, 3.05) is 20.3 Å². The number of rotatable bonds is 7. The Labute approximate surface area is 299 Å². The summed E-state index contributed by atoms with van der Waals surface area (Å²) in [7, 11) is 1.57. The summed E-state index contributed by atoms with van der Waals surface area (Å²) < 4.78 is 27.4. The quantitative estimate of drug-likeness (QED) is 0.272. The summed E-state index contributed by atoms with van der Waals surface area (Å²) >= 11 is 4.86. The molecule has 4 atom stereocenters. The van der Waals surface area contributed by atoms with Crippen molar-refractivity contribution in [1.29, 1.82) is 0 Å². The molecule has 12 heteroatoms. The number of esters is 1. The molecule has 3 aromatic rings. The second-order valence-corrected chi connectivity index (χ2v) is 18.9. The standard InChI is InChI=1S/C37H49BrN2O8S/c1-21-27-29(41)40(35(7,8)31(42)48-33(2,3)4)32(43)39(30(27)49-28(21)38)18-37(44,25-12-10-11-13-26(25)45-9)24-14-22-16-36(17-23(22)15-24)46-19-34(5,6)20-47-36/h10-13,22-24,44H,14-20H2,1-9H3/t22-,23+,24?,37?. The molecule has 1 spiro atoms. The molecule has 6 rings (SSSR count). The van der Waals surface area contributed by atoms with Crippen LogP contribution in [-0.2, 0) is 36.7 Å². The molecule has 0 radical (unpaired) electrons. The van der Waals surface area contributed by atoms with Gasteiger partial charge in [-0.05, 0) is 99.7 Å². The van der Waals surface area contributed by atoms with Crippen LogP contribution in [0.5, 0.6) is 5.75 Å². The summed E-state index contributed by atoms with van der Waals surface area (Å²) in [5, 5.41) is 13.5. The molecule has 0 amide bonds. The summed E-state index contributed by atoms with van der Waals surface area (Å²) in [6.45, 7) is 15.5. The molecule has 3 heterocycles. The monoisotopic (exact) mass is 760 g/mol. The first kappa shape index (κ1) is 36.3. The normalized spacial score (nSPS) is 24.6. The lowest BCUT2D eigenvalue weighted by Crippen LogP contribution is -2.55. The Morgan fingerprint density at radius 3 is 2.22 bits per heavy atom. The van der Waals surface area contributed by atoms with E-state index in [-0.39, 0.29) is 29.7 Å². The van der Waals surface area contributed by atoms with E-state index in [4.69, 9.17) is 18.9 Å². The Bertz CT molecular complexity index is 1880. The van der Waals surface area contributed by atoms with Crippen LogP contribution in [0.15, 0.2) is 37.6 Å². The summed E-state index contributed by atoms with van der Waals surface area (Å²) in [5.74, 6) is -0.503. The molecule has 0 bridgehead atoms. The molecule has 268 valence electrons. The average Bonchev–Trinajstić information content (AvgIpc) is 3.66. The van der Waals surface area contributed by atoms with Gasteiger partial charge in [-0.2, -0.15) is 0 Å². The van der Waals surface area contributed by atoms with Gasteiger partial charge in [0, 0.05) is 23.8 Å². The summed E-state index contributed by atoms with van der Waals surface area (Å²) in [6.07, 6.45) is 2.90. The molecule has 3 fully saturated rings. The van der Waals surface area contributed by atoms with Gasteiger partial charge in [0.25, 0.3) is 5.56 Å². The Morgan fingerprint density at radius 2 is 1.65 bits per heavy atom. The van der Waals surface area contributed by atoms with E-state index in [1.807, 2.05) is 24.3 Å². The molecule has 1 N–H and O–H groups in total. The van der Waals surface area contributed by atoms with Crippen molar-refractivity contribution in [2.24, 2.45) is 23.2 Å². The molecule has 3 aliphatic rings. The maximum absolute atomic E-state index is 14.7. The fourth-order valence-electron chi connectivity index (χ4n) is 8.08. The number of aliphatic hydroxyl groups is 1. The van der Waals surface area contributed by atoms with Gasteiger partial charge in [0.1, 0.15) is 27.3 Å². The van der Waals surface area contributed by atoms with E-state index in [9.17, 15) is 19.5 Å². The van der Waals surface area contributed by atoms with E-state index in [0.717, 1.165) is 17.4 Å². The molecule has 2 aromatic heterocycles. The molecular formula is C37H49BrN2O8S. The van der Waals surface area contributed by atoms with Gasteiger partial charge < -0.3 is 24.1 Å². The smallest absolute Gasteiger partial charge is 0.333 e. The van der Waals surface area contributed by atoms with Crippen LogP contribution >= 0.6 is 27.3 Å². The van der Waals surface area contributed by atoms with Gasteiger partial charge in [0.05, 0.1) is 36.0 Å². The van der Waals surface area contributed by atoms with E-state index in [1.165, 1.54) is 29.8 Å². The Kier molecular flexibility index (Phi) is 9.12. The fourth-order valence-corrected chi connectivity index (χ4v) is 9.76. The van der Waals surface area contributed by atoms with Gasteiger partial charge in [-0.1, -0.05) is 32.0 Å².